The average Bonchev–Trinajstić information content (AvgIpc) is 2.61. The van der Waals surface area contributed by atoms with Crippen LogP contribution in [-0.2, 0) is 37.9 Å². The SMILES string of the molecule is CS(=O)(=O)N(CC(=O)NCc1ccc(S(N)(=O)=O)cc1)Cc1ccc(Cl)c(Cl)c1. The maximum absolute atomic E-state index is 12.2. The number of sulfonamides is 2. The van der Waals surface area contributed by atoms with Crippen LogP contribution in [0, 0.1) is 0 Å². The number of benzene rings is 2. The molecule has 12 heteroatoms. The number of primary sulfonamides is 1. The molecule has 0 heterocycles. The lowest BCUT2D eigenvalue weighted by Crippen LogP contribution is -2.39. The van der Waals surface area contributed by atoms with E-state index >= 15 is 0 Å². The van der Waals surface area contributed by atoms with E-state index in [4.69, 9.17) is 28.3 Å². The van der Waals surface area contributed by atoms with Crippen molar-refractivity contribution in [2.24, 2.45) is 5.14 Å². The molecule has 0 radical (unpaired) electrons. The minimum absolute atomic E-state index is 0.0440. The van der Waals surface area contributed by atoms with E-state index in [2.05, 4.69) is 5.32 Å². The predicted molar refractivity (Wildman–Crippen MR) is 111 cm³/mol. The second-order valence-electron chi connectivity index (χ2n) is 6.25. The molecule has 8 nitrogen and oxygen atoms in total. The Kier molecular flexibility index (Phi) is 7.66. The fourth-order valence-electron chi connectivity index (χ4n) is 2.35. The van der Waals surface area contributed by atoms with E-state index < -0.39 is 32.5 Å². The van der Waals surface area contributed by atoms with Crippen LogP contribution in [0.1, 0.15) is 11.1 Å². The summed E-state index contributed by atoms with van der Waals surface area (Å²) in [5.41, 5.74) is 1.21. The van der Waals surface area contributed by atoms with Crippen molar-refractivity contribution >= 4 is 49.2 Å². The molecule has 2 aromatic carbocycles. The lowest BCUT2D eigenvalue weighted by atomic mass is 10.2. The summed E-state index contributed by atoms with van der Waals surface area (Å²) in [6.07, 6.45) is 1.00. The highest BCUT2D eigenvalue weighted by molar-refractivity contribution is 7.89. The number of carbonyl (C=O) groups is 1. The van der Waals surface area contributed by atoms with E-state index in [-0.39, 0.29) is 23.0 Å². The van der Waals surface area contributed by atoms with Gasteiger partial charge in [0.15, 0.2) is 0 Å². The molecule has 0 aliphatic rings. The fraction of sp³-hybridized carbons (Fsp3) is 0.235. The van der Waals surface area contributed by atoms with Crippen LogP contribution in [0.25, 0.3) is 0 Å². The third kappa shape index (κ3) is 7.25. The summed E-state index contributed by atoms with van der Waals surface area (Å²) in [6, 6.07) is 10.4. The molecule has 2 aromatic rings. The normalized spacial score (nSPS) is 12.2. The fourth-order valence-corrected chi connectivity index (χ4v) is 3.92. The summed E-state index contributed by atoms with van der Waals surface area (Å²) in [4.78, 5) is 12.2. The van der Waals surface area contributed by atoms with Gasteiger partial charge in [0, 0.05) is 13.1 Å². The van der Waals surface area contributed by atoms with Crippen molar-refractivity contribution in [1.82, 2.24) is 9.62 Å². The van der Waals surface area contributed by atoms with Crippen molar-refractivity contribution in [2.75, 3.05) is 12.8 Å². The van der Waals surface area contributed by atoms with Gasteiger partial charge in [0.25, 0.3) is 0 Å². The van der Waals surface area contributed by atoms with E-state index in [9.17, 15) is 21.6 Å². The second-order valence-corrected chi connectivity index (χ2v) is 10.6. The van der Waals surface area contributed by atoms with Crippen LogP contribution in [0.4, 0.5) is 0 Å². The first-order valence-corrected chi connectivity index (χ1v) is 12.3. The molecule has 0 aliphatic heterocycles. The molecule has 0 saturated heterocycles. The number of rotatable bonds is 8. The van der Waals surface area contributed by atoms with Crippen molar-refractivity contribution in [3.8, 4) is 0 Å². The van der Waals surface area contributed by atoms with Crippen LogP contribution in [0.2, 0.25) is 10.0 Å². The van der Waals surface area contributed by atoms with E-state index in [0.29, 0.717) is 16.1 Å². The van der Waals surface area contributed by atoms with E-state index in [0.717, 1.165) is 10.6 Å². The second kappa shape index (κ2) is 9.41. The number of carbonyl (C=O) groups excluding carboxylic acids is 1. The molecule has 0 spiro atoms. The number of halogens is 2. The van der Waals surface area contributed by atoms with Gasteiger partial charge in [-0.15, -0.1) is 0 Å². The van der Waals surface area contributed by atoms with Gasteiger partial charge in [-0.25, -0.2) is 22.0 Å². The highest BCUT2D eigenvalue weighted by Gasteiger charge is 2.21. The summed E-state index contributed by atoms with van der Waals surface area (Å²) in [5.74, 6) is -0.522. The highest BCUT2D eigenvalue weighted by Crippen LogP contribution is 2.23. The molecular weight excluding hydrogens is 461 g/mol. The Bertz CT molecular complexity index is 1100. The minimum Gasteiger partial charge on any atom is -0.351 e. The molecule has 158 valence electrons. The molecule has 0 unspecified atom stereocenters. The van der Waals surface area contributed by atoms with Crippen molar-refractivity contribution in [3.05, 3.63) is 63.6 Å². The maximum Gasteiger partial charge on any atom is 0.238 e. The van der Waals surface area contributed by atoms with Crippen molar-refractivity contribution in [1.29, 1.82) is 0 Å². The number of nitrogens with zero attached hydrogens (tertiary/aromatic N) is 1. The quantitative estimate of drug-likeness (QED) is 0.595. The zero-order chi connectivity index (χ0) is 21.8. The zero-order valence-electron chi connectivity index (χ0n) is 15.3. The van der Waals surface area contributed by atoms with Gasteiger partial charge in [0.2, 0.25) is 26.0 Å². The third-order valence-corrected chi connectivity index (χ3v) is 6.74. The Balaban J connectivity index is 2.02. The Morgan fingerprint density at radius 1 is 1.00 bits per heavy atom. The molecule has 0 aliphatic carbocycles. The van der Waals surface area contributed by atoms with E-state index in [1.54, 1.807) is 12.1 Å². The van der Waals surface area contributed by atoms with Gasteiger partial charge < -0.3 is 5.32 Å². The van der Waals surface area contributed by atoms with Crippen LogP contribution in [0.5, 0.6) is 0 Å². The van der Waals surface area contributed by atoms with Gasteiger partial charge in [-0.1, -0.05) is 41.4 Å². The smallest absolute Gasteiger partial charge is 0.238 e. The molecule has 29 heavy (non-hydrogen) atoms. The number of nitrogens with two attached hydrogens (primary N) is 1. The topological polar surface area (TPSA) is 127 Å². The van der Waals surface area contributed by atoms with Gasteiger partial charge in [-0.3, -0.25) is 4.79 Å². The average molecular weight is 480 g/mol. The lowest BCUT2D eigenvalue weighted by molar-refractivity contribution is -0.121. The Morgan fingerprint density at radius 2 is 1.59 bits per heavy atom. The van der Waals surface area contributed by atoms with Crippen LogP contribution >= 0.6 is 23.2 Å². The van der Waals surface area contributed by atoms with Gasteiger partial charge in [0.1, 0.15) is 0 Å². The summed E-state index contributed by atoms with van der Waals surface area (Å²) in [5, 5.41) is 8.25. The van der Waals surface area contributed by atoms with Crippen LogP contribution in [-0.4, -0.2) is 39.8 Å². The summed E-state index contributed by atoms with van der Waals surface area (Å²) in [7, 11) is -7.47. The first-order chi connectivity index (χ1) is 13.4. The van der Waals surface area contributed by atoms with Gasteiger partial charge in [-0.2, -0.15) is 4.31 Å². The van der Waals surface area contributed by atoms with E-state index in [1.807, 2.05) is 0 Å². The molecular formula is C17H19Cl2N3O5S2. The van der Waals surface area contributed by atoms with Crippen LogP contribution in [0.3, 0.4) is 0 Å². The van der Waals surface area contributed by atoms with Crippen molar-refractivity contribution in [3.63, 3.8) is 0 Å². The molecule has 1 amide bonds. The molecule has 0 fully saturated rings. The first-order valence-electron chi connectivity index (χ1n) is 8.14. The van der Waals surface area contributed by atoms with Crippen LogP contribution < -0.4 is 10.5 Å². The summed E-state index contributed by atoms with van der Waals surface area (Å²) < 4.78 is 47.6. The molecule has 0 saturated carbocycles. The zero-order valence-corrected chi connectivity index (χ0v) is 18.4. The first kappa shape index (κ1) is 23.6. The third-order valence-electron chi connectivity index (χ3n) is 3.87. The van der Waals surface area contributed by atoms with Gasteiger partial charge in [0.05, 0.1) is 27.7 Å². The molecule has 0 atom stereocenters. The maximum atomic E-state index is 12.2. The summed E-state index contributed by atoms with van der Waals surface area (Å²) >= 11 is 11.8. The van der Waals surface area contributed by atoms with E-state index in [1.165, 1.54) is 30.3 Å². The van der Waals surface area contributed by atoms with Crippen molar-refractivity contribution < 1.29 is 21.6 Å². The Hall–Kier alpha value is -1.69. The highest BCUT2D eigenvalue weighted by atomic mass is 35.5. The molecule has 2 rings (SSSR count). The Morgan fingerprint density at radius 3 is 2.10 bits per heavy atom. The predicted octanol–water partition coefficient (Wildman–Crippen LogP) is 1.72. The van der Waals surface area contributed by atoms with Gasteiger partial charge >= 0.3 is 0 Å². The number of hydrogen-bond acceptors (Lipinski definition) is 5. The standard InChI is InChI=1S/C17H19Cl2N3O5S2/c1-28(24,25)22(10-13-4-7-15(18)16(19)8-13)11-17(23)21-9-12-2-5-14(6-3-12)29(20,26)27/h2-8H,9-11H2,1H3,(H,21,23)(H2,20,26,27). The number of hydrogen-bond donors (Lipinski definition) is 2. The lowest BCUT2D eigenvalue weighted by Gasteiger charge is -2.20. The molecule has 0 aromatic heterocycles. The molecule has 0 bridgehead atoms. The largest absolute Gasteiger partial charge is 0.351 e. The van der Waals surface area contributed by atoms with Crippen molar-refractivity contribution in [2.45, 2.75) is 18.0 Å². The number of nitrogens with one attached hydrogen (secondary N) is 1. The Labute approximate surface area is 179 Å². The minimum atomic E-state index is -3.80. The van der Waals surface area contributed by atoms with Crippen LogP contribution in [0.15, 0.2) is 47.4 Å². The summed E-state index contributed by atoms with van der Waals surface area (Å²) in [6.45, 7) is -0.353. The monoisotopic (exact) mass is 479 g/mol. The molecule has 3 N–H and O–H groups in total. The number of amides is 1. The van der Waals surface area contributed by atoms with Gasteiger partial charge in [-0.05, 0) is 35.4 Å².